The first-order chi connectivity index (χ1) is 8.47. The van der Waals surface area contributed by atoms with Crippen molar-refractivity contribution in [1.29, 1.82) is 0 Å². The van der Waals surface area contributed by atoms with Crippen LogP contribution in [-0.2, 0) is 6.54 Å². The van der Waals surface area contributed by atoms with Crippen LogP contribution < -0.4 is 5.32 Å². The molecule has 0 aromatic carbocycles. The predicted octanol–water partition coefficient (Wildman–Crippen LogP) is 2.54. The lowest BCUT2D eigenvalue weighted by molar-refractivity contribution is 0.314. The van der Waals surface area contributed by atoms with Crippen LogP contribution in [0.1, 0.15) is 32.8 Å². The lowest BCUT2D eigenvalue weighted by atomic mass is 9.92. The molecule has 0 fully saturated rings. The van der Waals surface area contributed by atoms with E-state index in [-0.39, 0.29) is 0 Å². The zero-order valence-corrected chi connectivity index (χ0v) is 12.2. The van der Waals surface area contributed by atoms with Crippen molar-refractivity contribution in [3.63, 3.8) is 0 Å². The molecule has 1 aromatic heterocycles. The molecule has 0 unspecified atom stereocenters. The SMILES string of the molecule is CN(CCNCCC(C)(C)C)Cc1ccncc1. The Bertz CT molecular complexity index is 316. The van der Waals surface area contributed by atoms with Crippen LogP contribution in [0.5, 0.6) is 0 Å². The lowest BCUT2D eigenvalue weighted by Gasteiger charge is -2.20. The van der Waals surface area contributed by atoms with Gasteiger partial charge in [0, 0.05) is 32.0 Å². The van der Waals surface area contributed by atoms with Crippen molar-refractivity contribution < 1.29 is 0 Å². The molecule has 0 saturated heterocycles. The summed E-state index contributed by atoms with van der Waals surface area (Å²) < 4.78 is 0. The fourth-order valence-corrected chi connectivity index (χ4v) is 1.74. The summed E-state index contributed by atoms with van der Waals surface area (Å²) in [5.41, 5.74) is 1.75. The molecule has 1 heterocycles. The molecule has 1 rings (SSSR count). The topological polar surface area (TPSA) is 28.2 Å². The van der Waals surface area contributed by atoms with E-state index in [2.05, 4.69) is 55.2 Å². The van der Waals surface area contributed by atoms with E-state index >= 15 is 0 Å². The Morgan fingerprint density at radius 1 is 1.17 bits per heavy atom. The Balaban J connectivity index is 2.09. The summed E-state index contributed by atoms with van der Waals surface area (Å²) in [6.45, 7) is 11.1. The number of hydrogen-bond donors (Lipinski definition) is 1. The fourth-order valence-electron chi connectivity index (χ4n) is 1.74. The third kappa shape index (κ3) is 7.41. The second-order valence-corrected chi connectivity index (χ2v) is 6.15. The molecule has 0 saturated carbocycles. The molecule has 0 spiro atoms. The highest BCUT2D eigenvalue weighted by Gasteiger charge is 2.08. The van der Waals surface area contributed by atoms with Gasteiger partial charge in [0.15, 0.2) is 0 Å². The normalized spacial score (nSPS) is 12.1. The van der Waals surface area contributed by atoms with E-state index in [9.17, 15) is 0 Å². The second-order valence-electron chi connectivity index (χ2n) is 6.15. The molecular formula is C15H27N3. The zero-order chi connectivity index (χ0) is 13.4. The van der Waals surface area contributed by atoms with Gasteiger partial charge in [-0.2, -0.15) is 0 Å². The first kappa shape index (κ1) is 15.1. The summed E-state index contributed by atoms with van der Waals surface area (Å²) in [7, 11) is 2.16. The van der Waals surface area contributed by atoms with E-state index in [1.807, 2.05) is 12.4 Å². The summed E-state index contributed by atoms with van der Waals surface area (Å²) >= 11 is 0. The van der Waals surface area contributed by atoms with Crippen LogP contribution in [0.15, 0.2) is 24.5 Å². The van der Waals surface area contributed by atoms with Crippen molar-refractivity contribution >= 4 is 0 Å². The number of nitrogens with zero attached hydrogens (tertiary/aromatic N) is 2. The minimum Gasteiger partial charge on any atom is -0.315 e. The van der Waals surface area contributed by atoms with Crippen LogP contribution in [0.2, 0.25) is 0 Å². The van der Waals surface area contributed by atoms with E-state index in [1.54, 1.807) is 0 Å². The standard InChI is InChI=1S/C15H27N3/c1-15(2,3)7-10-17-11-12-18(4)13-14-5-8-16-9-6-14/h5-6,8-9,17H,7,10-13H2,1-4H3. The van der Waals surface area contributed by atoms with E-state index in [4.69, 9.17) is 0 Å². The molecule has 0 aliphatic carbocycles. The van der Waals surface area contributed by atoms with E-state index in [1.165, 1.54) is 12.0 Å². The van der Waals surface area contributed by atoms with Gasteiger partial charge in [-0.25, -0.2) is 0 Å². The monoisotopic (exact) mass is 249 g/mol. The molecule has 0 amide bonds. The van der Waals surface area contributed by atoms with Gasteiger partial charge in [0.05, 0.1) is 0 Å². The maximum Gasteiger partial charge on any atom is 0.0271 e. The molecule has 0 atom stereocenters. The Labute approximate surface area is 112 Å². The lowest BCUT2D eigenvalue weighted by Crippen LogP contribution is -2.30. The van der Waals surface area contributed by atoms with Crippen molar-refractivity contribution in [2.24, 2.45) is 5.41 Å². The van der Waals surface area contributed by atoms with Gasteiger partial charge in [-0.05, 0) is 43.1 Å². The Hall–Kier alpha value is -0.930. The van der Waals surface area contributed by atoms with Crippen molar-refractivity contribution in [3.05, 3.63) is 30.1 Å². The third-order valence-electron chi connectivity index (χ3n) is 2.92. The number of rotatable bonds is 7. The molecule has 102 valence electrons. The van der Waals surface area contributed by atoms with Gasteiger partial charge in [0.25, 0.3) is 0 Å². The van der Waals surface area contributed by atoms with Gasteiger partial charge in [-0.1, -0.05) is 20.8 Å². The van der Waals surface area contributed by atoms with Gasteiger partial charge in [-0.3, -0.25) is 4.98 Å². The quantitative estimate of drug-likeness (QED) is 0.753. The maximum atomic E-state index is 4.03. The molecular weight excluding hydrogens is 222 g/mol. The molecule has 0 radical (unpaired) electrons. The first-order valence-corrected chi connectivity index (χ1v) is 6.75. The molecule has 0 bridgehead atoms. The number of nitrogens with one attached hydrogen (secondary N) is 1. The number of likely N-dealkylation sites (N-methyl/N-ethyl adjacent to an activating group) is 1. The van der Waals surface area contributed by atoms with Crippen LogP contribution in [0, 0.1) is 5.41 Å². The molecule has 0 aliphatic heterocycles. The molecule has 18 heavy (non-hydrogen) atoms. The van der Waals surface area contributed by atoms with Gasteiger partial charge < -0.3 is 10.2 Å². The predicted molar refractivity (Wildman–Crippen MR) is 77.5 cm³/mol. The second kappa shape index (κ2) is 7.49. The highest BCUT2D eigenvalue weighted by atomic mass is 15.1. The highest BCUT2D eigenvalue weighted by Crippen LogP contribution is 2.16. The molecule has 3 heteroatoms. The van der Waals surface area contributed by atoms with Gasteiger partial charge in [0.2, 0.25) is 0 Å². The Morgan fingerprint density at radius 2 is 1.83 bits per heavy atom. The van der Waals surface area contributed by atoms with Crippen molar-refractivity contribution in [3.8, 4) is 0 Å². The average Bonchev–Trinajstić information content (AvgIpc) is 2.28. The van der Waals surface area contributed by atoms with Crippen LogP contribution in [-0.4, -0.2) is 36.6 Å². The van der Waals surface area contributed by atoms with Gasteiger partial charge in [-0.15, -0.1) is 0 Å². The molecule has 1 aromatic rings. The summed E-state index contributed by atoms with van der Waals surface area (Å²) in [6, 6.07) is 4.15. The van der Waals surface area contributed by atoms with Crippen LogP contribution >= 0.6 is 0 Å². The zero-order valence-electron chi connectivity index (χ0n) is 12.2. The minimum atomic E-state index is 0.427. The van der Waals surface area contributed by atoms with E-state index < -0.39 is 0 Å². The van der Waals surface area contributed by atoms with Crippen LogP contribution in [0.25, 0.3) is 0 Å². The molecule has 3 nitrogen and oxygen atoms in total. The fraction of sp³-hybridized carbons (Fsp3) is 0.667. The highest BCUT2D eigenvalue weighted by molar-refractivity contribution is 5.09. The minimum absolute atomic E-state index is 0.427. The van der Waals surface area contributed by atoms with Crippen molar-refractivity contribution in [1.82, 2.24) is 15.2 Å². The Morgan fingerprint density at radius 3 is 2.44 bits per heavy atom. The van der Waals surface area contributed by atoms with Gasteiger partial charge in [0.1, 0.15) is 0 Å². The van der Waals surface area contributed by atoms with Gasteiger partial charge >= 0.3 is 0 Å². The average molecular weight is 249 g/mol. The van der Waals surface area contributed by atoms with Crippen molar-refractivity contribution in [2.75, 3.05) is 26.7 Å². The molecule has 1 N–H and O–H groups in total. The van der Waals surface area contributed by atoms with Crippen molar-refractivity contribution in [2.45, 2.75) is 33.7 Å². The first-order valence-electron chi connectivity index (χ1n) is 6.75. The largest absolute Gasteiger partial charge is 0.315 e. The number of pyridine rings is 1. The van der Waals surface area contributed by atoms with E-state index in [0.29, 0.717) is 5.41 Å². The summed E-state index contributed by atoms with van der Waals surface area (Å²) in [5, 5.41) is 3.50. The number of hydrogen-bond acceptors (Lipinski definition) is 3. The smallest absolute Gasteiger partial charge is 0.0271 e. The van der Waals surface area contributed by atoms with Crippen LogP contribution in [0.3, 0.4) is 0 Å². The Kier molecular flexibility index (Phi) is 6.30. The third-order valence-corrected chi connectivity index (χ3v) is 2.92. The molecule has 0 aliphatic rings. The summed E-state index contributed by atoms with van der Waals surface area (Å²) in [4.78, 5) is 6.36. The van der Waals surface area contributed by atoms with Crippen LogP contribution in [0.4, 0.5) is 0 Å². The summed E-state index contributed by atoms with van der Waals surface area (Å²) in [6.07, 6.45) is 4.93. The number of aromatic nitrogens is 1. The van der Waals surface area contributed by atoms with E-state index in [0.717, 1.165) is 26.2 Å². The maximum absolute atomic E-state index is 4.03. The summed E-state index contributed by atoms with van der Waals surface area (Å²) in [5.74, 6) is 0.